The number of benzene rings is 1. The summed E-state index contributed by atoms with van der Waals surface area (Å²) in [5.41, 5.74) is 0.195. The zero-order valence-electron chi connectivity index (χ0n) is 10.7. The van der Waals surface area contributed by atoms with Crippen molar-refractivity contribution in [3.63, 3.8) is 0 Å². The van der Waals surface area contributed by atoms with E-state index in [2.05, 4.69) is 10.2 Å². The van der Waals surface area contributed by atoms with Crippen LogP contribution in [0.1, 0.15) is 17.3 Å². The zero-order valence-corrected chi connectivity index (χ0v) is 11.5. The molecule has 0 aliphatic carbocycles. The van der Waals surface area contributed by atoms with Crippen molar-refractivity contribution in [3.05, 3.63) is 41.6 Å². The Labute approximate surface area is 115 Å². The van der Waals surface area contributed by atoms with Gasteiger partial charge < -0.3 is 9.52 Å². The van der Waals surface area contributed by atoms with E-state index >= 15 is 0 Å². The molecule has 0 unspecified atom stereocenters. The molecule has 1 aromatic heterocycles. The van der Waals surface area contributed by atoms with Crippen LogP contribution in [0, 0.1) is 6.92 Å². The van der Waals surface area contributed by atoms with Crippen LogP contribution < -0.4 is 0 Å². The number of hydrogen-bond donors (Lipinski definition) is 1. The van der Waals surface area contributed by atoms with Gasteiger partial charge in [-0.05, 0) is 12.1 Å². The Balaban J connectivity index is 2.35. The SMILES string of the molecule is Cc1nnc(C2=C(O)c3ccccc3S(=O)(=O)N2C)o1. The Morgan fingerprint density at radius 1 is 1.25 bits per heavy atom. The molecule has 0 amide bonds. The summed E-state index contributed by atoms with van der Waals surface area (Å²) in [7, 11) is -2.42. The quantitative estimate of drug-likeness (QED) is 0.853. The summed E-state index contributed by atoms with van der Waals surface area (Å²) in [6.45, 7) is 1.58. The fourth-order valence-electron chi connectivity index (χ4n) is 2.06. The van der Waals surface area contributed by atoms with Crippen LogP contribution in [0.4, 0.5) is 0 Å². The smallest absolute Gasteiger partial charge is 0.268 e. The summed E-state index contributed by atoms with van der Waals surface area (Å²) in [5.74, 6) is 0.0344. The molecule has 104 valence electrons. The molecule has 1 aliphatic heterocycles. The summed E-state index contributed by atoms with van der Waals surface area (Å²) in [6, 6.07) is 6.21. The van der Waals surface area contributed by atoms with Crippen LogP contribution in [0.15, 0.2) is 33.6 Å². The highest BCUT2D eigenvalue weighted by Gasteiger charge is 2.37. The van der Waals surface area contributed by atoms with E-state index in [4.69, 9.17) is 4.42 Å². The van der Waals surface area contributed by atoms with Crippen molar-refractivity contribution in [1.29, 1.82) is 0 Å². The molecular formula is C12H11N3O4S. The van der Waals surface area contributed by atoms with Gasteiger partial charge in [0, 0.05) is 19.5 Å². The largest absolute Gasteiger partial charge is 0.505 e. The number of aryl methyl sites for hydroxylation is 1. The molecule has 0 atom stereocenters. The number of aromatic nitrogens is 2. The van der Waals surface area contributed by atoms with Crippen LogP contribution in [-0.4, -0.2) is 35.1 Å². The van der Waals surface area contributed by atoms with E-state index in [0.29, 0.717) is 0 Å². The number of aliphatic hydroxyl groups is 1. The highest BCUT2D eigenvalue weighted by Crippen LogP contribution is 2.38. The van der Waals surface area contributed by atoms with Gasteiger partial charge in [-0.3, -0.25) is 4.31 Å². The first-order valence-corrected chi connectivity index (χ1v) is 7.19. The van der Waals surface area contributed by atoms with Gasteiger partial charge in [-0.2, -0.15) is 0 Å². The van der Waals surface area contributed by atoms with Crippen LogP contribution in [0.5, 0.6) is 0 Å². The molecule has 3 rings (SSSR count). The van der Waals surface area contributed by atoms with Crippen LogP contribution in [0.2, 0.25) is 0 Å². The Kier molecular flexibility index (Phi) is 2.58. The van der Waals surface area contributed by atoms with E-state index in [-0.39, 0.29) is 33.7 Å². The molecule has 2 aromatic rings. The van der Waals surface area contributed by atoms with Crippen molar-refractivity contribution >= 4 is 21.5 Å². The van der Waals surface area contributed by atoms with Crippen LogP contribution in [0.3, 0.4) is 0 Å². The Morgan fingerprint density at radius 2 is 1.95 bits per heavy atom. The van der Waals surface area contributed by atoms with Crippen LogP contribution >= 0.6 is 0 Å². The Hall–Kier alpha value is -2.35. The molecular weight excluding hydrogens is 282 g/mol. The van der Waals surface area contributed by atoms with Crippen molar-refractivity contribution in [2.75, 3.05) is 7.05 Å². The summed E-state index contributed by atoms with van der Waals surface area (Å²) in [5, 5.41) is 17.8. The van der Waals surface area contributed by atoms with Gasteiger partial charge >= 0.3 is 0 Å². The molecule has 0 fully saturated rings. The second kappa shape index (κ2) is 4.07. The van der Waals surface area contributed by atoms with Crippen molar-refractivity contribution in [3.8, 4) is 0 Å². The molecule has 0 spiro atoms. The number of aliphatic hydroxyl groups excluding tert-OH is 1. The number of hydrogen-bond acceptors (Lipinski definition) is 6. The Morgan fingerprint density at radius 3 is 2.60 bits per heavy atom. The summed E-state index contributed by atoms with van der Waals surface area (Å²) in [6.07, 6.45) is 0. The van der Waals surface area contributed by atoms with Crippen molar-refractivity contribution in [2.45, 2.75) is 11.8 Å². The maximum absolute atomic E-state index is 12.4. The normalized spacial score (nSPS) is 17.2. The summed E-state index contributed by atoms with van der Waals surface area (Å²) < 4.78 is 31.0. The average Bonchev–Trinajstić information content (AvgIpc) is 2.84. The minimum absolute atomic E-state index is 0.0238. The monoisotopic (exact) mass is 293 g/mol. The predicted octanol–water partition coefficient (Wildman–Crippen LogP) is 1.40. The second-order valence-electron chi connectivity index (χ2n) is 4.29. The maximum atomic E-state index is 12.4. The lowest BCUT2D eigenvalue weighted by Gasteiger charge is -2.27. The van der Waals surface area contributed by atoms with Crippen LogP contribution in [-0.2, 0) is 10.0 Å². The topological polar surface area (TPSA) is 96.5 Å². The molecule has 1 N–H and O–H groups in total. The van der Waals surface area contributed by atoms with E-state index in [1.807, 2.05) is 0 Å². The minimum atomic E-state index is -3.75. The van der Waals surface area contributed by atoms with Gasteiger partial charge in [-0.25, -0.2) is 8.42 Å². The molecule has 20 heavy (non-hydrogen) atoms. The average molecular weight is 293 g/mol. The van der Waals surface area contributed by atoms with Gasteiger partial charge in [-0.1, -0.05) is 12.1 Å². The molecule has 7 nitrogen and oxygen atoms in total. The molecule has 1 aliphatic rings. The van der Waals surface area contributed by atoms with Crippen molar-refractivity contribution in [2.24, 2.45) is 0 Å². The van der Waals surface area contributed by atoms with E-state index in [9.17, 15) is 13.5 Å². The summed E-state index contributed by atoms with van der Waals surface area (Å²) in [4.78, 5) is 0.0417. The molecule has 8 heteroatoms. The third-order valence-electron chi connectivity index (χ3n) is 3.05. The number of nitrogens with zero attached hydrogens (tertiary/aromatic N) is 3. The summed E-state index contributed by atoms with van der Waals surface area (Å²) >= 11 is 0. The standard InChI is InChI=1S/C12H11N3O4S/c1-7-13-14-12(19-7)10-11(16)8-5-3-4-6-9(8)20(17,18)15(10)2/h3-6,16H,1-2H3. The van der Waals surface area contributed by atoms with Gasteiger partial charge in [0.05, 0.1) is 4.90 Å². The minimum Gasteiger partial charge on any atom is -0.505 e. The van der Waals surface area contributed by atoms with Gasteiger partial charge in [0.1, 0.15) is 0 Å². The first-order valence-electron chi connectivity index (χ1n) is 5.75. The van der Waals surface area contributed by atoms with E-state index in [1.54, 1.807) is 19.1 Å². The van der Waals surface area contributed by atoms with Gasteiger partial charge in [0.15, 0.2) is 11.5 Å². The predicted molar refractivity (Wildman–Crippen MR) is 69.9 cm³/mol. The number of fused-ring (bicyclic) bond motifs is 1. The first kappa shape index (κ1) is 12.7. The highest BCUT2D eigenvalue weighted by atomic mass is 32.2. The lowest BCUT2D eigenvalue weighted by molar-refractivity contribution is 0.460. The molecule has 0 saturated heterocycles. The van der Waals surface area contributed by atoms with E-state index in [0.717, 1.165) is 4.31 Å². The lowest BCUT2D eigenvalue weighted by atomic mass is 10.1. The molecule has 1 aromatic carbocycles. The lowest BCUT2D eigenvalue weighted by Crippen LogP contribution is -2.30. The van der Waals surface area contributed by atoms with E-state index in [1.165, 1.54) is 19.2 Å². The van der Waals surface area contributed by atoms with E-state index < -0.39 is 10.0 Å². The third-order valence-corrected chi connectivity index (χ3v) is 4.86. The van der Waals surface area contributed by atoms with Gasteiger partial charge in [0.2, 0.25) is 5.89 Å². The fraction of sp³-hybridized carbons (Fsp3) is 0.167. The maximum Gasteiger partial charge on any atom is 0.268 e. The second-order valence-corrected chi connectivity index (χ2v) is 6.23. The molecule has 2 heterocycles. The van der Waals surface area contributed by atoms with Crippen molar-refractivity contribution in [1.82, 2.24) is 14.5 Å². The van der Waals surface area contributed by atoms with Gasteiger partial charge in [0.25, 0.3) is 15.9 Å². The Bertz CT molecular complexity index is 823. The number of rotatable bonds is 1. The zero-order chi connectivity index (χ0) is 14.5. The van der Waals surface area contributed by atoms with Crippen molar-refractivity contribution < 1.29 is 17.9 Å². The first-order chi connectivity index (χ1) is 9.43. The molecule has 0 bridgehead atoms. The molecule has 0 radical (unpaired) electrons. The van der Waals surface area contributed by atoms with Crippen LogP contribution in [0.25, 0.3) is 11.5 Å². The fourth-order valence-corrected chi connectivity index (χ4v) is 3.45. The highest BCUT2D eigenvalue weighted by molar-refractivity contribution is 7.89. The molecule has 0 saturated carbocycles. The van der Waals surface area contributed by atoms with Gasteiger partial charge in [-0.15, -0.1) is 10.2 Å². The number of sulfonamides is 1. The third kappa shape index (κ3) is 1.61.